The number of benzene rings is 2. The van der Waals surface area contributed by atoms with E-state index in [0.29, 0.717) is 0 Å². The zero-order valence-corrected chi connectivity index (χ0v) is 18.4. The van der Waals surface area contributed by atoms with Crippen molar-refractivity contribution in [1.29, 1.82) is 0 Å². The molecule has 0 unspecified atom stereocenters. The fraction of sp³-hybridized carbons (Fsp3) is 0.333. The first-order valence-corrected chi connectivity index (χ1v) is 13.2. The minimum absolute atomic E-state index is 0.185. The third-order valence-electron chi connectivity index (χ3n) is 3.28. The van der Waals surface area contributed by atoms with Crippen LogP contribution in [0.15, 0.2) is 58.3 Å². The van der Waals surface area contributed by atoms with Gasteiger partial charge in [0.15, 0.2) is 0 Å². The van der Waals surface area contributed by atoms with Crippen molar-refractivity contribution in [3.8, 4) is 0 Å². The van der Waals surface area contributed by atoms with Crippen molar-refractivity contribution in [2.75, 3.05) is 24.6 Å². The van der Waals surface area contributed by atoms with Gasteiger partial charge in [-0.25, -0.2) is 0 Å². The van der Waals surface area contributed by atoms with Gasteiger partial charge in [0, 0.05) is 11.5 Å². The normalized spacial score (nSPS) is 15.4. The summed E-state index contributed by atoms with van der Waals surface area (Å²) in [6, 6.07) is 11.5. The molecule has 2 aromatic carbocycles. The highest BCUT2D eigenvalue weighted by atomic mass is 33.1. The molecule has 0 spiro atoms. The Morgan fingerprint density at radius 3 is 1.36 bits per heavy atom. The van der Waals surface area contributed by atoms with E-state index in [4.69, 9.17) is 5.48 Å². The monoisotopic (exact) mass is 466 g/mol. The van der Waals surface area contributed by atoms with E-state index < -0.39 is 44.9 Å². The second-order valence-electron chi connectivity index (χ2n) is 5.51. The Bertz CT molecular complexity index is 1030. The molecule has 0 aromatic heterocycles. The van der Waals surface area contributed by atoms with E-state index in [1.54, 1.807) is 38.1 Å². The average molecular weight is 467 g/mol. The van der Waals surface area contributed by atoms with Gasteiger partial charge in [0.2, 0.25) is 0 Å². The molecule has 0 aliphatic carbocycles. The van der Waals surface area contributed by atoms with Crippen LogP contribution in [-0.2, 0) is 28.6 Å². The SMILES string of the molecule is [2H]C([2H])(CSSCC([2H])([2H])OS(=O)(=O)c1ccc(C)cc1)OS(=O)(=O)c1ccc(C)cc1. The van der Waals surface area contributed by atoms with Gasteiger partial charge in [-0.3, -0.25) is 8.37 Å². The van der Waals surface area contributed by atoms with Crippen molar-refractivity contribution in [2.24, 2.45) is 0 Å². The molecular formula is C18H22O6S4. The first kappa shape index (κ1) is 17.8. The standard InChI is InChI=1S/C18H22O6S4/c1-15-3-7-17(8-4-15)27(19,20)23-11-13-25-26-14-12-24-28(21,22)18-9-5-16(2)6-10-18/h3-10H,11-14H2,1-2H3/i11D2,12D2. The van der Waals surface area contributed by atoms with E-state index in [1.165, 1.54) is 24.3 Å². The van der Waals surface area contributed by atoms with Gasteiger partial charge in [-0.2, -0.15) is 16.8 Å². The molecule has 154 valence electrons. The second kappa shape index (κ2) is 10.7. The molecular weight excluding hydrogens is 440 g/mol. The molecule has 0 atom stereocenters. The smallest absolute Gasteiger partial charge is 0.265 e. The Labute approximate surface area is 180 Å². The van der Waals surface area contributed by atoms with Crippen molar-refractivity contribution < 1.29 is 30.7 Å². The summed E-state index contributed by atoms with van der Waals surface area (Å²) < 4.78 is 89.5. The molecule has 2 aromatic rings. The van der Waals surface area contributed by atoms with Crippen LogP contribution in [-0.4, -0.2) is 41.5 Å². The van der Waals surface area contributed by atoms with Crippen molar-refractivity contribution in [3.63, 3.8) is 0 Å². The van der Waals surface area contributed by atoms with Gasteiger partial charge < -0.3 is 0 Å². The lowest BCUT2D eigenvalue weighted by atomic mass is 10.2. The van der Waals surface area contributed by atoms with Crippen molar-refractivity contribution >= 4 is 41.8 Å². The quantitative estimate of drug-likeness (QED) is 0.281. The number of hydrogen-bond donors (Lipinski definition) is 0. The highest BCUT2D eigenvalue weighted by Gasteiger charge is 2.15. The average Bonchev–Trinajstić information content (AvgIpc) is 2.64. The van der Waals surface area contributed by atoms with Gasteiger partial charge in [0.05, 0.1) is 28.4 Å². The highest BCUT2D eigenvalue weighted by Crippen LogP contribution is 2.22. The summed E-state index contributed by atoms with van der Waals surface area (Å²) in [6.07, 6.45) is 0. The molecule has 0 fully saturated rings. The van der Waals surface area contributed by atoms with Gasteiger partial charge in [0.25, 0.3) is 20.2 Å². The van der Waals surface area contributed by atoms with E-state index in [-0.39, 0.29) is 9.79 Å². The van der Waals surface area contributed by atoms with Gasteiger partial charge in [-0.05, 0) is 38.1 Å². The van der Waals surface area contributed by atoms with Crippen LogP contribution in [0.3, 0.4) is 0 Å². The summed E-state index contributed by atoms with van der Waals surface area (Å²) in [4.78, 5) is -0.369. The summed E-state index contributed by atoms with van der Waals surface area (Å²) in [5.74, 6) is -0.910. The zero-order chi connectivity index (χ0) is 24.2. The lowest BCUT2D eigenvalue weighted by Crippen LogP contribution is -2.09. The predicted molar refractivity (Wildman–Crippen MR) is 114 cm³/mol. The van der Waals surface area contributed by atoms with Crippen molar-refractivity contribution in [2.45, 2.75) is 23.6 Å². The van der Waals surface area contributed by atoms with Gasteiger partial charge in [-0.1, -0.05) is 57.0 Å². The molecule has 10 heteroatoms. The van der Waals surface area contributed by atoms with Gasteiger partial charge in [0.1, 0.15) is 0 Å². The zero-order valence-electron chi connectivity index (χ0n) is 19.1. The molecule has 28 heavy (non-hydrogen) atoms. The summed E-state index contributed by atoms with van der Waals surface area (Å²) >= 11 is 0. The van der Waals surface area contributed by atoms with Gasteiger partial charge >= 0.3 is 0 Å². The maximum absolute atomic E-state index is 12.2. The number of rotatable bonds is 11. The van der Waals surface area contributed by atoms with Crippen LogP contribution in [0.1, 0.15) is 16.6 Å². The molecule has 2 rings (SSSR count). The van der Waals surface area contributed by atoms with E-state index in [1.807, 2.05) is 0 Å². The first-order valence-electron chi connectivity index (χ1n) is 9.91. The number of aryl methyl sites for hydroxylation is 2. The Kier molecular flexibility index (Phi) is 6.77. The Morgan fingerprint density at radius 1 is 0.714 bits per heavy atom. The molecule has 6 nitrogen and oxygen atoms in total. The third kappa shape index (κ3) is 7.41. The minimum Gasteiger partial charge on any atom is -0.265 e. The Morgan fingerprint density at radius 2 is 1.04 bits per heavy atom. The maximum Gasteiger partial charge on any atom is 0.297 e. The number of hydrogen-bond acceptors (Lipinski definition) is 8. The van der Waals surface area contributed by atoms with Crippen molar-refractivity contribution in [1.82, 2.24) is 0 Å². The molecule has 0 radical (unpaired) electrons. The molecule has 0 aliphatic rings. The largest absolute Gasteiger partial charge is 0.297 e. The molecule has 0 N–H and O–H groups in total. The van der Waals surface area contributed by atoms with Crippen LogP contribution in [0.5, 0.6) is 0 Å². The molecule has 0 aliphatic heterocycles. The minimum atomic E-state index is -4.33. The topological polar surface area (TPSA) is 86.7 Å². The van der Waals surface area contributed by atoms with Crippen LogP contribution in [0.4, 0.5) is 0 Å². The Balaban J connectivity index is 1.89. The molecule has 0 saturated heterocycles. The lowest BCUT2D eigenvalue weighted by Gasteiger charge is -2.07. The second-order valence-corrected chi connectivity index (χ2v) is 11.1. The third-order valence-corrected chi connectivity index (χ3v) is 7.49. The molecule has 0 heterocycles. The predicted octanol–water partition coefficient (Wildman–Crippen LogP) is 3.80. The first-order chi connectivity index (χ1) is 14.6. The van der Waals surface area contributed by atoms with Crippen LogP contribution in [0.25, 0.3) is 0 Å². The van der Waals surface area contributed by atoms with E-state index in [0.717, 1.165) is 32.7 Å². The van der Waals surface area contributed by atoms with Crippen molar-refractivity contribution in [3.05, 3.63) is 59.7 Å². The van der Waals surface area contributed by atoms with Gasteiger partial charge in [-0.15, -0.1) is 0 Å². The summed E-state index contributed by atoms with van der Waals surface area (Å²) in [7, 11) is -7.09. The van der Waals surface area contributed by atoms with E-state index in [2.05, 4.69) is 8.37 Å². The van der Waals surface area contributed by atoms with E-state index >= 15 is 0 Å². The molecule has 0 bridgehead atoms. The molecule has 0 amide bonds. The fourth-order valence-corrected chi connectivity index (χ4v) is 4.72. The van der Waals surface area contributed by atoms with Crippen LogP contribution in [0, 0.1) is 13.8 Å². The summed E-state index contributed by atoms with van der Waals surface area (Å²) in [5.41, 5.74) is 1.67. The fourth-order valence-electron chi connectivity index (χ4n) is 1.84. The maximum atomic E-state index is 12.2. The van der Waals surface area contributed by atoms with Crippen LogP contribution in [0.2, 0.25) is 0 Å². The van der Waals surface area contributed by atoms with E-state index in [9.17, 15) is 16.8 Å². The highest BCUT2D eigenvalue weighted by molar-refractivity contribution is 8.76. The molecule has 0 saturated carbocycles. The van der Waals surface area contributed by atoms with Crippen LogP contribution >= 0.6 is 21.6 Å². The lowest BCUT2D eigenvalue weighted by molar-refractivity contribution is 0.340. The Hall–Kier alpha value is -1.04. The summed E-state index contributed by atoms with van der Waals surface area (Å²) in [5, 5.41) is 0. The van der Waals surface area contributed by atoms with Crippen LogP contribution < -0.4 is 0 Å². The summed E-state index contributed by atoms with van der Waals surface area (Å²) in [6.45, 7) is -1.58.